The van der Waals surface area contributed by atoms with Gasteiger partial charge in [-0.1, -0.05) is 47.7 Å². The second-order valence-corrected chi connectivity index (χ2v) is 8.81. The summed E-state index contributed by atoms with van der Waals surface area (Å²) in [5.74, 6) is -0.0978. The Bertz CT molecular complexity index is 979. The highest BCUT2D eigenvalue weighted by Gasteiger charge is 2.24. The van der Waals surface area contributed by atoms with Crippen LogP contribution in [0.3, 0.4) is 0 Å². The van der Waals surface area contributed by atoms with Gasteiger partial charge in [0, 0.05) is 18.4 Å². The zero-order chi connectivity index (χ0) is 20.2. The first-order valence-electron chi connectivity index (χ1n) is 9.96. The smallest absolute Gasteiger partial charge is 0.303 e. The van der Waals surface area contributed by atoms with Crippen LogP contribution in [0.25, 0.3) is 10.6 Å². The maximum Gasteiger partial charge on any atom is 0.303 e. The van der Waals surface area contributed by atoms with E-state index in [9.17, 15) is 9.18 Å². The molecule has 0 amide bonds. The van der Waals surface area contributed by atoms with Gasteiger partial charge in [-0.05, 0) is 60.8 Å². The molecule has 4 nitrogen and oxygen atoms in total. The van der Waals surface area contributed by atoms with Crippen LogP contribution in [0.15, 0.2) is 48.5 Å². The monoisotopic (exact) mass is 410 g/mol. The first-order chi connectivity index (χ1) is 14.1. The summed E-state index contributed by atoms with van der Waals surface area (Å²) in [4.78, 5) is 10.9. The van der Waals surface area contributed by atoms with Crippen molar-refractivity contribution in [2.45, 2.75) is 44.4 Å². The van der Waals surface area contributed by atoms with Gasteiger partial charge in [-0.15, -0.1) is 10.2 Å². The van der Waals surface area contributed by atoms with Crippen molar-refractivity contribution in [2.75, 3.05) is 0 Å². The highest BCUT2D eigenvalue weighted by molar-refractivity contribution is 7.14. The van der Waals surface area contributed by atoms with E-state index in [0.29, 0.717) is 24.7 Å². The number of hydrogen-bond acceptors (Lipinski definition) is 4. The lowest BCUT2D eigenvalue weighted by atomic mass is 9.77. The fourth-order valence-electron chi connectivity index (χ4n) is 4.11. The number of aliphatic carboxylic acids is 1. The van der Waals surface area contributed by atoms with Crippen LogP contribution < -0.4 is 0 Å². The molecule has 1 fully saturated rings. The summed E-state index contributed by atoms with van der Waals surface area (Å²) >= 11 is 1.53. The predicted molar refractivity (Wildman–Crippen MR) is 112 cm³/mol. The standard InChI is InChI=1S/C23H23FN2O2S/c24-20-3-1-2-16(12-20)13-21-25-26-23(29-21)19-10-8-18(9-11-19)17-6-4-15(5-7-17)14-22(27)28/h1-3,8-12,15,17H,4-7,13-14H2,(H,27,28). The molecular weight excluding hydrogens is 387 g/mol. The Labute approximate surface area is 173 Å². The molecule has 0 radical (unpaired) electrons. The summed E-state index contributed by atoms with van der Waals surface area (Å²) in [5, 5.41) is 19.3. The van der Waals surface area contributed by atoms with Crippen LogP contribution in [0.5, 0.6) is 0 Å². The molecule has 2 aromatic carbocycles. The third-order valence-electron chi connectivity index (χ3n) is 5.65. The molecule has 0 atom stereocenters. The van der Waals surface area contributed by atoms with E-state index >= 15 is 0 Å². The minimum Gasteiger partial charge on any atom is -0.481 e. The van der Waals surface area contributed by atoms with Crippen LogP contribution >= 0.6 is 11.3 Å². The van der Waals surface area contributed by atoms with E-state index in [1.807, 2.05) is 6.07 Å². The second kappa shape index (κ2) is 8.82. The fraction of sp³-hybridized carbons (Fsp3) is 0.348. The molecule has 0 aliphatic heterocycles. The fourth-order valence-corrected chi connectivity index (χ4v) is 4.99. The van der Waals surface area contributed by atoms with Crippen molar-refractivity contribution >= 4 is 17.3 Å². The highest BCUT2D eigenvalue weighted by Crippen LogP contribution is 2.37. The Hall–Kier alpha value is -2.60. The molecule has 6 heteroatoms. The number of carboxylic acid groups (broad SMARTS) is 1. The summed E-state index contributed by atoms with van der Waals surface area (Å²) < 4.78 is 13.3. The van der Waals surface area contributed by atoms with Crippen LogP contribution in [0.1, 0.15) is 54.2 Å². The van der Waals surface area contributed by atoms with E-state index in [2.05, 4.69) is 34.5 Å². The molecule has 1 aromatic heterocycles. The minimum atomic E-state index is -0.688. The van der Waals surface area contributed by atoms with E-state index in [-0.39, 0.29) is 5.82 Å². The number of nitrogens with zero attached hydrogens (tertiary/aromatic N) is 2. The van der Waals surface area contributed by atoms with Crippen molar-refractivity contribution in [2.24, 2.45) is 5.92 Å². The number of carboxylic acids is 1. The summed E-state index contributed by atoms with van der Waals surface area (Å²) in [6.45, 7) is 0. The van der Waals surface area contributed by atoms with Crippen LogP contribution in [0, 0.1) is 11.7 Å². The van der Waals surface area contributed by atoms with Gasteiger partial charge in [-0.25, -0.2) is 4.39 Å². The van der Waals surface area contributed by atoms with Gasteiger partial charge in [-0.3, -0.25) is 4.79 Å². The van der Waals surface area contributed by atoms with Crippen LogP contribution in [-0.2, 0) is 11.2 Å². The van der Waals surface area contributed by atoms with Gasteiger partial charge in [0.25, 0.3) is 0 Å². The minimum absolute atomic E-state index is 0.236. The molecule has 1 aliphatic rings. The number of benzene rings is 2. The van der Waals surface area contributed by atoms with Gasteiger partial charge in [0.05, 0.1) is 0 Å². The molecule has 3 aromatic rings. The van der Waals surface area contributed by atoms with Gasteiger partial charge in [0.2, 0.25) is 0 Å². The molecular formula is C23H23FN2O2S. The van der Waals surface area contributed by atoms with Gasteiger partial charge >= 0.3 is 5.97 Å². The normalized spacial score (nSPS) is 19.2. The molecule has 1 saturated carbocycles. The summed E-state index contributed by atoms with van der Waals surface area (Å²) in [6.07, 6.45) is 4.94. The van der Waals surface area contributed by atoms with E-state index in [0.717, 1.165) is 46.8 Å². The SMILES string of the molecule is O=C(O)CC1CCC(c2ccc(-c3nnc(Cc4cccc(F)c4)s3)cc2)CC1. The summed E-state index contributed by atoms with van der Waals surface area (Å²) in [7, 11) is 0. The van der Waals surface area contributed by atoms with Crippen molar-refractivity contribution < 1.29 is 14.3 Å². The lowest BCUT2D eigenvalue weighted by Crippen LogP contribution is -2.16. The first kappa shape index (κ1) is 19.7. The largest absolute Gasteiger partial charge is 0.481 e. The van der Waals surface area contributed by atoms with Gasteiger partial charge in [0.15, 0.2) is 0 Å². The van der Waals surface area contributed by atoms with Crippen molar-refractivity contribution in [1.29, 1.82) is 0 Å². The molecule has 4 rings (SSSR count). The molecule has 1 aliphatic carbocycles. The predicted octanol–water partition coefficient (Wildman–Crippen LogP) is 5.68. The average Bonchev–Trinajstić information content (AvgIpc) is 3.17. The van der Waals surface area contributed by atoms with Crippen LogP contribution in [0.4, 0.5) is 4.39 Å². The number of rotatable bonds is 6. The van der Waals surface area contributed by atoms with E-state index in [4.69, 9.17) is 5.11 Å². The van der Waals surface area contributed by atoms with Crippen molar-refractivity contribution in [1.82, 2.24) is 10.2 Å². The van der Waals surface area contributed by atoms with Crippen LogP contribution in [-0.4, -0.2) is 21.3 Å². The third kappa shape index (κ3) is 5.07. The maximum atomic E-state index is 13.3. The lowest BCUT2D eigenvalue weighted by Gasteiger charge is -2.28. The Kier molecular flexibility index (Phi) is 6.00. The highest BCUT2D eigenvalue weighted by atomic mass is 32.1. The lowest BCUT2D eigenvalue weighted by molar-refractivity contribution is -0.138. The number of halogens is 1. The zero-order valence-electron chi connectivity index (χ0n) is 16.1. The van der Waals surface area contributed by atoms with Crippen LogP contribution in [0.2, 0.25) is 0 Å². The van der Waals surface area contributed by atoms with Gasteiger partial charge < -0.3 is 5.11 Å². The maximum absolute atomic E-state index is 13.3. The molecule has 1 heterocycles. The Morgan fingerprint density at radius 2 is 1.83 bits per heavy atom. The molecule has 0 unspecified atom stereocenters. The van der Waals surface area contributed by atoms with E-state index in [1.165, 1.54) is 29.0 Å². The molecule has 0 saturated heterocycles. The zero-order valence-corrected chi connectivity index (χ0v) is 16.9. The Morgan fingerprint density at radius 1 is 1.07 bits per heavy atom. The van der Waals surface area contributed by atoms with E-state index in [1.54, 1.807) is 6.07 Å². The van der Waals surface area contributed by atoms with Gasteiger partial charge in [-0.2, -0.15) is 0 Å². The van der Waals surface area contributed by atoms with E-state index < -0.39 is 5.97 Å². The molecule has 150 valence electrons. The Morgan fingerprint density at radius 3 is 2.52 bits per heavy atom. The number of carbonyl (C=O) groups is 1. The average molecular weight is 411 g/mol. The molecule has 1 N–H and O–H groups in total. The first-order valence-corrected chi connectivity index (χ1v) is 10.8. The third-order valence-corrected chi connectivity index (χ3v) is 6.62. The van der Waals surface area contributed by atoms with Crippen molar-refractivity contribution in [3.8, 4) is 10.6 Å². The quantitative estimate of drug-likeness (QED) is 0.568. The molecule has 29 heavy (non-hydrogen) atoms. The Balaban J connectivity index is 1.38. The topological polar surface area (TPSA) is 63.1 Å². The van der Waals surface area contributed by atoms with Crippen molar-refractivity contribution in [3.05, 3.63) is 70.5 Å². The van der Waals surface area contributed by atoms with Crippen molar-refractivity contribution in [3.63, 3.8) is 0 Å². The molecule has 0 bridgehead atoms. The number of aromatic nitrogens is 2. The number of hydrogen-bond donors (Lipinski definition) is 1. The second-order valence-electron chi connectivity index (χ2n) is 7.75. The summed E-state index contributed by atoms with van der Waals surface area (Å²) in [5.41, 5.74) is 3.24. The van der Waals surface area contributed by atoms with Gasteiger partial charge in [0.1, 0.15) is 15.8 Å². The molecule has 0 spiro atoms. The summed E-state index contributed by atoms with van der Waals surface area (Å²) in [6, 6.07) is 15.1.